The van der Waals surface area contributed by atoms with Gasteiger partial charge in [-0.15, -0.1) is 0 Å². The molecule has 0 amide bonds. The molecule has 0 radical (unpaired) electrons. The van der Waals surface area contributed by atoms with Gasteiger partial charge in [0.2, 0.25) is 0 Å². The minimum Gasteiger partial charge on any atom is -0.293 e. The zero-order valence-electron chi connectivity index (χ0n) is 13.2. The summed E-state index contributed by atoms with van der Waals surface area (Å²) in [5, 5.41) is 0. The highest BCUT2D eigenvalue weighted by Gasteiger charge is 2.49. The SMILES string of the molecule is CC.CC(C)(C)N1CC2CC1CN2C(C)(C)C. The van der Waals surface area contributed by atoms with Crippen molar-refractivity contribution in [2.45, 2.75) is 85.0 Å². The molecule has 2 rings (SSSR count). The molecule has 0 aromatic carbocycles. The number of nitrogens with zero attached hydrogens (tertiary/aromatic N) is 2. The summed E-state index contributed by atoms with van der Waals surface area (Å²) in [7, 11) is 0. The molecule has 0 aliphatic carbocycles. The lowest BCUT2D eigenvalue weighted by molar-refractivity contribution is 0.0179. The molecule has 0 aromatic rings. The summed E-state index contributed by atoms with van der Waals surface area (Å²) >= 11 is 0. The van der Waals surface area contributed by atoms with E-state index < -0.39 is 0 Å². The van der Waals surface area contributed by atoms with Crippen molar-refractivity contribution in [3.05, 3.63) is 0 Å². The second-order valence-corrected chi connectivity index (χ2v) is 7.19. The number of rotatable bonds is 0. The van der Waals surface area contributed by atoms with E-state index in [1.54, 1.807) is 0 Å². The van der Waals surface area contributed by atoms with E-state index in [-0.39, 0.29) is 0 Å². The van der Waals surface area contributed by atoms with Crippen LogP contribution in [0.25, 0.3) is 0 Å². The van der Waals surface area contributed by atoms with Crippen LogP contribution in [-0.4, -0.2) is 46.1 Å². The van der Waals surface area contributed by atoms with E-state index in [0.29, 0.717) is 11.1 Å². The molecule has 2 heteroatoms. The molecule has 2 fully saturated rings. The van der Waals surface area contributed by atoms with E-state index in [4.69, 9.17) is 0 Å². The van der Waals surface area contributed by atoms with Gasteiger partial charge in [-0.1, -0.05) is 13.8 Å². The highest BCUT2D eigenvalue weighted by atomic mass is 15.4. The van der Waals surface area contributed by atoms with Gasteiger partial charge in [0.1, 0.15) is 0 Å². The lowest BCUT2D eigenvalue weighted by Gasteiger charge is -2.46. The van der Waals surface area contributed by atoms with Gasteiger partial charge in [0.05, 0.1) is 0 Å². The Labute approximate surface area is 108 Å². The summed E-state index contributed by atoms with van der Waals surface area (Å²) in [5.41, 5.74) is 0.701. The van der Waals surface area contributed by atoms with Gasteiger partial charge in [-0.05, 0) is 48.0 Å². The first-order valence-electron chi connectivity index (χ1n) is 7.23. The van der Waals surface area contributed by atoms with Crippen molar-refractivity contribution in [3.8, 4) is 0 Å². The van der Waals surface area contributed by atoms with E-state index in [1.165, 1.54) is 19.5 Å². The van der Waals surface area contributed by atoms with Gasteiger partial charge in [-0.25, -0.2) is 0 Å². The molecule has 2 aliphatic rings. The molecule has 2 bridgehead atoms. The monoisotopic (exact) mass is 240 g/mol. The summed E-state index contributed by atoms with van der Waals surface area (Å²) < 4.78 is 0. The van der Waals surface area contributed by atoms with Crippen molar-refractivity contribution in [2.24, 2.45) is 0 Å². The van der Waals surface area contributed by atoms with E-state index in [0.717, 1.165) is 12.1 Å². The fourth-order valence-electron chi connectivity index (χ4n) is 3.31. The van der Waals surface area contributed by atoms with E-state index in [2.05, 4.69) is 51.3 Å². The number of piperazine rings is 1. The minimum atomic E-state index is 0.351. The Kier molecular flexibility index (Phi) is 4.31. The Morgan fingerprint density at radius 2 is 1.00 bits per heavy atom. The predicted molar refractivity (Wildman–Crippen MR) is 76.5 cm³/mol. The fraction of sp³-hybridized carbons (Fsp3) is 1.00. The van der Waals surface area contributed by atoms with Crippen LogP contribution in [0.4, 0.5) is 0 Å². The van der Waals surface area contributed by atoms with Gasteiger partial charge in [0, 0.05) is 36.3 Å². The molecule has 2 atom stereocenters. The highest BCUT2D eigenvalue weighted by Crippen LogP contribution is 2.38. The first kappa shape index (κ1) is 15.0. The molecular formula is C15H32N2. The van der Waals surface area contributed by atoms with Gasteiger partial charge in [0.25, 0.3) is 0 Å². The molecule has 2 nitrogen and oxygen atoms in total. The molecule has 0 saturated carbocycles. The Hall–Kier alpha value is -0.0800. The predicted octanol–water partition coefficient (Wildman–Crippen LogP) is 3.37. The molecule has 2 unspecified atom stereocenters. The molecule has 0 N–H and O–H groups in total. The van der Waals surface area contributed by atoms with E-state index >= 15 is 0 Å². The van der Waals surface area contributed by atoms with Crippen LogP contribution in [-0.2, 0) is 0 Å². The van der Waals surface area contributed by atoms with Gasteiger partial charge in [-0.2, -0.15) is 0 Å². The standard InChI is InChI=1S/C13H26N2.C2H6/c1-12(2,3)14-8-11-7-10(14)9-15(11)13(4,5)6;1-2/h10-11H,7-9H2,1-6H3;1-2H3. The van der Waals surface area contributed by atoms with Gasteiger partial charge < -0.3 is 0 Å². The van der Waals surface area contributed by atoms with Crippen molar-refractivity contribution < 1.29 is 0 Å². The molecule has 2 saturated heterocycles. The summed E-state index contributed by atoms with van der Waals surface area (Å²) in [6.45, 7) is 20.6. The third kappa shape index (κ3) is 3.03. The fourth-order valence-corrected chi connectivity index (χ4v) is 3.31. The first-order valence-corrected chi connectivity index (χ1v) is 7.23. The molecule has 0 aromatic heterocycles. The summed E-state index contributed by atoms with van der Waals surface area (Å²) in [5.74, 6) is 0. The highest BCUT2D eigenvalue weighted by molar-refractivity contribution is 5.05. The van der Waals surface area contributed by atoms with Crippen LogP contribution in [0.3, 0.4) is 0 Å². The minimum absolute atomic E-state index is 0.351. The van der Waals surface area contributed by atoms with Crippen LogP contribution in [0.15, 0.2) is 0 Å². The van der Waals surface area contributed by atoms with Crippen molar-refractivity contribution in [2.75, 3.05) is 13.1 Å². The van der Waals surface area contributed by atoms with Gasteiger partial charge >= 0.3 is 0 Å². The van der Waals surface area contributed by atoms with Crippen LogP contribution in [0.1, 0.15) is 61.8 Å². The zero-order chi connectivity index (χ0) is 13.4. The lowest BCUT2D eigenvalue weighted by Crippen LogP contribution is -2.57. The van der Waals surface area contributed by atoms with Gasteiger partial charge in [0.15, 0.2) is 0 Å². The number of hydrogen-bond donors (Lipinski definition) is 0. The summed E-state index contributed by atoms with van der Waals surface area (Å²) in [6.07, 6.45) is 1.38. The molecule has 2 heterocycles. The van der Waals surface area contributed by atoms with Gasteiger partial charge in [-0.3, -0.25) is 9.80 Å². The van der Waals surface area contributed by atoms with Crippen molar-refractivity contribution in [1.29, 1.82) is 0 Å². The summed E-state index contributed by atoms with van der Waals surface area (Å²) in [4.78, 5) is 5.39. The molecule has 0 spiro atoms. The van der Waals surface area contributed by atoms with Crippen LogP contribution in [0, 0.1) is 0 Å². The average molecular weight is 240 g/mol. The maximum atomic E-state index is 2.69. The Bertz CT molecular complexity index is 221. The molecule has 102 valence electrons. The van der Waals surface area contributed by atoms with Crippen LogP contribution in [0.2, 0.25) is 0 Å². The van der Waals surface area contributed by atoms with Crippen molar-refractivity contribution in [3.63, 3.8) is 0 Å². The summed E-state index contributed by atoms with van der Waals surface area (Å²) in [6, 6.07) is 1.60. The third-order valence-corrected chi connectivity index (χ3v) is 3.96. The normalized spacial score (nSPS) is 30.4. The second-order valence-electron chi connectivity index (χ2n) is 7.19. The lowest BCUT2D eigenvalue weighted by atomic mass is 10.0. The number of fused-ring (bicyclic) bond motifs is 2. The average Bonchev–Trinajstić information content (AvgIpc) is 2.76. The van der Waals surface area contributed by atoms with Crippen LogP contribution in [0.5, 0.6) is 0 Å². The van der Waals surface area contributed by atoms with Crippen molar-refractivity contribution in [1.82, 2.24) is 9.80 Å². The maximum Gasteiger partial charge on any atom is 0.0244 e. The van der Waals surface area contributed by atoms with Crippen molar-refractivity contribution >= 4 is 0 Å². The largest absolute Gasteiger partial charge is 0.293 e. The van der Waals surface area contributed by atoms with Crippen LogP contribution < -0.4 is 0 Å². The smallest absolute Gasteiger partial charge is 0.0244 e. The van der Waals surface area contributed by atoms with E-state index in [9.17, 15) is 0 Å². The van der Waals surface area contributed by atoms with E-state index in [1.807, 2.05) is 13.8 Å². The molecule has 17 heavy (non-hydrogen) atoms. The zero-order valence-corrected chi connectivity index (χ0v) is 13.2. The Morgan fingerprint density at radius 3 is 1.18 bits per heavy atom. The Morgan fingerprint density at radius 1 is 0.706 bits per heavy atom. The maximum absolute atomic E-state index is 2.69. The number of likely N-dealkylation sites (tertiary alicyclic amines) is 2. The first-order chi connectivity index (χ1) is 7.69. The molecule has 2 aliphatic heterocycles. The number of hydrogen-bond acceptors (Lipinski definition) is 2. The second kappa shape index (κ2) is 4.89. The molecular weight excluding hydrogens is 208 g/mol. The quantitative estimate of drug-likeness (QED) is 0.640. The van der Waals surface area contributed by atoms with Crippen LogP contribution >= 0.6 is 0 Å². The third-order valence-electron chi connectivity index (χ3n) is 3.96. The Balaban J connectivity index is 0.000000686. The topological polar surface area (TPSA) is 6.48 Å².